The molecule has 104 valence electrons. The molecule has 2 rings (SSSR count). The highest BCUT2D eigenvalue weighted by atomic mass is 79.9. The first-order valence-corrected chi connectivity index (χ1v) is 7.04. The van der Waals surface area contributed by atoms with Crippen LogP contribution in [0.25, 0.3) is 0 Å². The third-order valence-corrected chi connectivity index (χ3v) is 3.44. The van der Waals surface area contributed by atoms with Crippen LogP contribution in [-0.2, 0) is 6.61 Å². The number of aryl methyl sites for hydroxylation is 1. The largest absolute Gasteiger partial charge is 0.487 e. The number of aromatic carboxylic acids is 1. The zero-order valence-corrected chi connectivity index (χ0v) is 13.0. The van der Waals surface area contributed by atoms with Crippen molar-refractivity contribution in [2.75, 3.05) is 0 Å². The number of hydrogen-bond acceptors (Lipinski definition) is 2. The maximum Gasteiger partial charge on any atom is 0.335 e. The lowest BCUT2D eigenvalue weighted by Crippen LogP contribution is -2.01. The number of ether oxygens (including phenoxy) is 1. The number of hydrogen-bond donors (Lipinski definition) is 1. The lowest BCUT2D eigenvalue weighted by atomic mass is 10.1. The van der Waals surface area contributed by atoms with Gasteiger partial charge in [-0.3, -0.25) is 0 Å². The van der Waals surface area contributed by atoms with E-state index in [1.165, 1.54) is 0 Å². The van der Waals surface area contributed by atoms with Crippen molar-refractivity contribution in [2.24, 2.45) is 0 Å². The minimum atomic E-state index is -0.971. The lowest BCUT2D eigenvalue weighted by molar-refractivity contribution is 0.0696. The van der Waals surface area contributed by atoms with Gasteiger partial charge in [0.25, 0.3) is 0 Å². The molecule has 2 aromatic carbocycles. The van der Waals surface area contributed by atoms with Crippen LogP contribution < -0.4 is 4.74 Å². The van der Waals surface area contributed by atoms with Crippen LogP contribution in [-0.4, -0.2) is 11.1 Å². The Balaban J connectivity index is 2.16. The fourth-order valence-corrected chi connectivity index (χ4v) is 2.57. The van der Waals surface area contributed by atoms with Crippen molar-refractivity contribution in [3.05, 3.63) is 62.6 Å². The Bertz CT molecular complexity index is 656. The Morgan fingerprint density at radius 3 is 2.70 bits per heavy atom. The molecule has 0 aromatic heterocycles. The molecule has 0 spiro atoms. The molecule has 0 saturated heterocycles. The summed E-state index contributed by atoms with van der Waals surface area (Å²) in [5.41, 5.74) is 2.03. The highest BCUT2D eigenvalue weighted by molar-refractivity contribution is 9.10. The number of carboxylic acid groups (broad SMARTS) is 1. The van der Waals surface area contributed by atoms with Gasteiger partial charge in [-0.15, -0.1) is 0 Å². The summed E-state index contributed by atoms with van der Waals surface area (Å²) < 4.78 is 6.32. The van der Waals surface area contributed by atoms with Crippen molar-refractivity contribution in [1.82, 2.24) is 0 Å². The van der Waals surface area contributed by atoms with Crippen LogP contribution in [0.1, 0.15) is 21.5 Å². The summed E-state index contributed by atoms with van der Waals surface area (Å²) in [6, 6.07) is 10.5. The van der Waals surface area contributed by atoms with Gasteiger partial charge in [0.05, 0.1) is 10.6 Å². The second-order valence-corrected chi connectivity index (χ2v) is 5.70. The van der Waals surface area contributed by atoms with Gasteiger partial charge in [0.15, 0.2) is 0 Å². The Labute approximate surface area is 130 Å². The van der Waals surface area contributed by atoms with Gasteiger partial charge in [0, 0.05) is 4.47 Å². The molecule has 0 unspecified atom stereocenters. The quantitative estimate of drug-likeness (QED) is 0.865. The predicted octanol–water partition coefficient (Wildman–Crippen LogP) is 4.69. The maximum atomic E-state index is 11.0. The average molecular weight is 356 g/mol. The topological polar surface area (TPSA) is 46.5 Å². The number of halogens is 2. The van der Waals surface area contributed by atoms with Crippen molar-refractivity contribution < 1.29 is 14.6 Å². The van der Waals surface area contributed by atoms with Gasteiger partial charge < -0.3 is 9.84 Å². The molecule has 0 aliphatic rings. The van der Waals surface area contributed by atoms with Gasteiger partial charge in [-0.2, -0.15) is 0 Å². The van der Waals surface area contributed by atoms with Gasteiger partial charge in [0.2, 0.25) is 0 Å². The summed E-state index contributed by atoms with van der Waals surface area (Å²) in [4.78, 5) is 11.0. The summed E-state index contributed by atoms with van der Waals surface area (Å²) in [7, 11) is 0. The molecule has 3 nitrogen and oxygen atoms in total. The molecule has 5 heteroatoms. The second-order valence-electron chi connectivity index (χ2n) is 4.38. The van der Waals surface area contributed by atoms with E-state index in [1.807, 2.05) is 25.1 Å². The van der Waals surface area contributed by atoms with E-state index in [1.54, 1.807) is 18.2 Å². The molecule has 0 fully saturated rings. The zero-order chi connectivity index (χ0) is 14.7. The monoisotopic (exact) mass is 354 g/mol. The second kappa shape index (κ2) is 6.29. The van der Waals surface area contributed by atoms with Crippen molar-refractivity contribution in [3.8, 4) is 5.75 Å². The van der Waals surface area contributed by atoms with Gasteiger partial charge >= 0.3 is 5.97 Å². The number of carboxylic acids is 1. The van der Waals surface area contributed by atoms with Gasteiger partial charge in [0.1, 0.15) is 12.4 Å². The average Bonchev–Trinajstić information content (AvgIpc) is 2.37. The smallest absolute Gasteiger partial charge is 0.335 e. The van der Waals surface area contributed by atoms with E-state index >= 15 is 0 Å². The van der Waals surface area contributed by atoms with Crippen molar-refractivity contribution >= 4 is 33.5 Å². The van der Waals surface area contributed by atoms with Crippen LogP contribution >= 0.6 is 27.5 Å². The first-order chi connectivity index (χ1) is 9.45. The van der Waals surface area contributed by atoms with E-state index in [2.05, 4.69) is 15.9 Å². The molecule has 1 N–H and O–H groups in total. The van der Waals surface area contributed by atoms with Gasteiger partial charge in [-0.05, 0) is 48.4 Å². The molecule has 0 atom stereocenters. The minimum Gasteiger partial charge on any atom is -0.487 e. The Kier molecular flexibility index (Phi) is 4.68. The normalized spacial score (nSPS) is 10.3. The van der Waals surface area contributed by atoms with Crippen LogP contribution in [0, 0.1) is 6.92 Å². The summed E-state index contributed by atoms with van der Waals surface area (Å²) in [6.07, 6.45) is 0. The molecule has 0 bridgehead atoms. The maximum absolute atomic E-state index is 11.0. The highest BCUT2D eigenvalue weighted by Crippen LogP contribution is 2.26. The predicted molar refractivity (Wildman–Crippen MR) is 81.6 cm³/mol. The Hall–Kier alpha value is -1.52. The van der Waals surface area contributed by atoms with Crippen molar-refractivity contribution in [1.29, 1.82) is 0 Å². The minimum absolute atomic E-state index is 0.216. The fraction of sp³-hybridized carbons (Fsp3) is 0.133. The standard InChI is InChI=1S/C15H12BrClO3/c1-9-2-3-14(13(17)4-9)20-8-10-5-11(15(18)19)7-12(16)6-10/h2-7H,8H2,1H3,(H,18,19). The van der Waals surface area contributed by atoms with Crippen LogP contribution in [0.15, 0.2) is 40.9 Å². The molecule has 0 saturated carbocycles. The number of carbonyl (C=O) groups is 1. The van der Waals surface area contributed by atoms with E-state index < -0.39 is 5.97 Å². The van der Waals surface area contributed by atoms with E-state index in [4.69, 9.17) is 21.4 Å². The number of rotatable bonds is 4. The molecule has 20 heavy (non-hydrogen) atoms. The van der Waals surface area contributed by atoms with Crippen molar-refractivity contribution in [2.45, 2.75) is 13.5 Å². The molecular formula is C15H12BrClO3. The van der Waals surface area contributed by atoms with Gasteiger partial charge in [-0.1, -0.05) is 33.6 Å². The highest BCUT2D eigenvalue weighted by Gasteiger charge is 2.07. The van der Waals surface area contributed by atoms with E-state index in [0.29, 0.717) is 15.2 Å². The first-order valence-electron chi connectivity index (χ1n) is 5.87. The van der Waals surface area contributed by atoms with Gasteiger partial charge in [-0.25, -0.2) is 4.79 Å². The summed E-state index contributed by atoms with van der Waals surface area (Å²) in [5, 5.41) is 9.55. The molecule has 0 aliphatic carbocycles. The van der Waals surface area contributed by atoms with Crippen LogP contribution in [0.5, 0.6) is 5.75 Å². The summed E-state index contributed by atoms with van der Waals surface area (Å²) >= 11 is 9.37. The fourth-order valence-electron chi connectivity index (χ4n) is 1.74. The summed E-state index contributed by atoms with van der Waals surface area (Å²) in [6.45, 7) is 2.20. The molecule has 0 aliphatic heterocycles. The van der Waals surface area contributed by atoms with Crippen LogP contribution in [0.4, 0.5) is 0 Å². The molecule has 0 amide bonds. The molecular weight excluding hydrogens is 344 g/mol. The first kappa shape index (κ1) is 14.9. The van der Waals surface area contributed by atoms with E-state index in [-0.39, 0.29) is 12.2 Å². The van der Waals surface area contributed by atoms with Crippen molar-refractivity contribution in [3.63, 3.8) is 0 Å². The van der Waals surface area contributed by atoms with E-state index in [0.717, 1.165) is 11.1 Å². The molecule has 0 heterocycles. The summed E-state index contributed by atoms with van der Waals surface area (Å²) in [5.74, 6) is -0.393. The zero-order valence-electron chi connectivity index (χ0n) is 10.7. The lowest BCUT2D eigenvalue weighted by Gasteiger charge is -2.09. The van der Waals surface area contributed by atoms with Crippen LogP contribution in [0.3, 0.4) is 0 Å². The Morgan fingerprint density at radius 2 is 2.05 bits per heavy atom. The van der Waals surface area contributed by atoms with E-state index in [9.17, 15) is 4.79 Å². The SMILES string of the molecule is Cc1ccc(OCc2cc(Br)cc(C(=O)O)c2)c(Cl)c1. The Morgan fingerprint density at radius 1 is 1.30 bits per heavy atom. The molecule has 0 radical (unpaired) electrons. The van der Waals surface area contributed by atoms with Crippen LogP contribution in [0.2, 0.25) is 5.02 Å². The third kappa shape index (κ3) is 3.74. The molecule has 2 aromatic rings. The third-order valence-electron chi connectivity index (χ3n) is 2.69. The number of benzene rings is 2.